The van der Waals surface area contributed by atoms with Crippen molar-refractivity contribution in [3.8, 4) is 5.75 Å². The Bertz CT molecular complexity index is 1380. The molecule has 0 bridgehead atoms. The summed E-state index contributed by atoms with van der Waals surface area (Å²) in [6.45, 7) is 5.07. The van der Waals surface area contributed by atoms with E-state index >= 15 is 0 Å². The fourth-order valence-electron chi connectivity index (χ4n) is 5.99. The van der Waals surface area contributed by atoms with E-state index in [2.05, 4.69) is 0 Å². The molecule has 1 aliphatic heterocycles. The second kappa shape index (κ2) is 10.3. The van der Waals surface area contributed by atoms with Gasteiger partial charge in [-0.3, -0.25) is 4.79 Å². The van der Waals surface area contributed by atoms with Crippen LogP contribution in [0.25, 0.3) is 11.0 Å². The molecule has 1 aliphatic carbocycles. The number of aryl methyl sites for hydroxylation is 2. The highest BCUT2D eigenvalue weighted by Gasteiger charge is 2.43. The second-order valence-corrected chi connectivity index (χ2v) is 10.6. The number of benzene rings is 2. The SMILES string of the molecule is Cc1c(CCC(=O)N2CC[C@@]3(O)CCCC[C@H]3C2)c(=O)oc2c(C)c(OCc3cccc(F)c3)ccc12. The summed E-state index contributed by atoms with van der Waals surface area (Å²) in [4.78, 5) is 27.8. The molecule has 7 heteroatoms. The van der Waals surface area contributed by atoms with Crippen LogP contribution in [0.2, 0.25) is 0 Å². The number of hydrogen-bond donors (Lipinski definition) is 1. The largest absolute Gasteiger partial charge is 0.488 e. The molecule has 5 rings (SSSR count). The van der Waals surface area contributed by atoms with Gasteiger partial charge in [0, 0.05) is 41.9 Å². The number of amides is 1. The summed E-state index contributed by atoms with van der Waals surface area (Å²) in [7, 11) is 0. The van der Waals surface area contributed by atoms with Crippen LogP contribution < -0.4 is 10.4 Å². The van der Waals surface area contributed by atoms with Gasteiger partial charge in [0.05, 0.1) is 5.60 Å². The van der Waals surface area contributed by atoms with Crippen LogP contribution >= 0.6 is 0 Å². The number of piperidine rings is 1. The van der Waals surface area contributed by atoms with E-state index in [1.807, 2.05) is 30.9 Å². The predicted molar refractivity (Wildman–Crippen MR) is 139 cm³/mol. The number of nitrogens with zero attached hydrogens (tertiary/aromatic N) is 1. The van der Waals surface area contributed by atoms with Crippen molar-refractivity contribution in [2.24, 2.45) is 5.92 Å². The van der Waals surface area contributed by atoms with E-state index in [9.17, 15) is 19.1 Å². The molecule has 2 heterocycles. The number of carbonyl (C=O) groups excluding carboxylic acids is 1. The minimum atomic E-state index is -0.622. The van der Waals surface area contributed by atoms with Gasteiger partial charge in [0.1, 0.15) is 23.8 Å². The van der Waals surface area contributed by atoms with Crippen molar-refractivity contribution >= 4 is 16.9 Å². The molecule has 0 spiro atoms. The average Bonchev–Trinajstić information content (AvgIpc) is 2.88. The molecule has 0 unspecified atom stereocenters. The molecule has 1 saturated carbocycles. The zero-order valence-corrected chi connectivity index (χ0v) is 21.5. The van der Waals surface area contributed by atoms with E-state index in [1.165, 1.54) is 12.1 Å². The first-order valence-corrected chi connectivity index (χ1v) is 13.2. The maximum absolute atomic E-state index is 13.5. The van der Waals surface area contributed by atoms with Gasteiger partial charge in [-0.1, -0.05) is 25.0 Å². The fourth-order valence-corrected chi connectivity index (χ4v) is 5.99. The second-order valence-electron chi connectivity index (χ2n) is 10.6. The zero-order valence-electron chi connectivity index (χ0n) is 21.5. The third kappa shape index (κ3) is 5.14. The number of likely N-dealkylation sites (tertiary alicyclic amines) is 1. The van der Waals surface area contributed by atoms with Crippen molar-refractivity contribution < 1.29 is 23.4 Å². The Morgan fingerprint density at radius 3 is 2.84 bits per heavy atom. The smallest absolute Gasteiger partial charge is 0.339 e. The number of hydrogen-bond acceptors (Lipinski definition) is 5. The number of fused-ring (bicyclic) bond motifs is 2. The summed E-state index contributed by atoms with van der Waals surface area (Å²) in [6, 6.07) is 9.93. The third-order valence-corrected chi connectivity index (χ3v) is 8.31. The van der Waals surface area contributed by atoms with Crippen molar-refractivity contribution in [3.63, 3.8) is 0 Å². The van der Waals surface area contributed by atoms with E-state index < -0.39 is 11.2 Å². The lowest BCUT2D eigenvalue weighted by molar-refractivity contribution is -0.143. The summed E-state index contributed by atoms with van der Waals surface area (Å²) < 4.78 is 25.1. The van der Waals surface area contributed by atoms with E-state index in [-0.39, 0.29) is 30.7 Å². The number of ether oxygens (including phenoxy) is 1. The molecule has 2 fully saturated rings. The minimum absolute atomic E-state index is 0.0174. The molecule has 1 aromatic heterocycles. The number of aliphatic hydroxyl groups is 1. The van der Waals surface area contributed by atoms with Crippen molar-refractivity contribution in [2.75, 3.05) is 13.1 Å². The molecule has 3 aromatic rings. The highest BCUT2D eigenvalue weighted by Crippen LogP contribution is 2.40. The molecule has 2 aromatic carbocycles. The maximum Gasteiger partial charge on any atom is 0.339 e. The first-order valence-electron chi connectivity index (χ1n) is 13.2. The lowest BCUT2D eigenvalue weighted by Crippen LogP contribution is -2.54. The van der Waals surface area contributed by atoms with Crippen molar-refractivity contribution in [1.82, 2.24) is 4.90 Å². The van der Waals surface area contributed by atoms with Crippen molar-refractivity contribution in [2.45, 2.75) is 71.0 Å². The van der Waals surface area contributed by atoms with Gasteiger partial charge in [0.15, 0.2) is 0 Å². The summed E-state index contributed by atoms with van der Waals surface area (Å²) >= 11 is 0. The van der Waals surface area contributed by atoms with E-state index in [0.29, 0.717) is 54.0 Å². The molecule has 1 N–H and O–H groups in total. The molecular formula is C30H34FNO5. The van der Waals surface area contributed by atoms with Crippen molar-refractivity contribution in [1.29, 1.82) is 0 Å². The Hall–Kier alpha value is -3.19. The van der Waals surface area contributed by atoms with E-state index in [4.69, 9.17) is 9.15 Å². The summed E-state index contributed by atoms with van der Waals surface area (Å²) in [5, 5.41) is 11.7. The highest BCUT2D eigenvalue weighted by molar-refractivity contribution is 5.86. The Balaban J connectivity index is 1.29. The topological polar surface area (TPSA) is 80.0 Å². The minimum Gasteiger partial charge on any atom is -0.488 e. The first-order chi connectivity index (χ1) is 17.7. The number of carbonyl (C=O) groups is 1. The van der Waals surface area contributed by atoms with Crippen LogP contribution in [0.15, 0.2) is 45.6 Å². The third-order valence-electron chi connectivity index (χ3n) is 8.31. The van der Waals surface area contributed by atoms with E-state index in [0.717, 1.165) is 36.6 Å². The van der Waals surface area contributed by atoms with E-state index in [1.54, 1.807) is 12.1 Å². The Morgan fingerprint density at radius 2 is 2.03 bits per heavy atom. The van der Waals surface area contributed by atoms with Crippen molar-refractivity contribution in [3.05, 3.63) is 74.9 Å². The number of halogens is 1. The van der Waals surface area contributed by atoms with Gasteiger partial charge in [-0.25, -0.2) is 9.18 Å². The van der Waals surface area contributed by atoms with Gasteiger partial charge in [-0.2, -0.15) is 0 Å². The Labute approximate surface area is 216 Å². The molecule has 2 aliphatic rings. The molecule has 196 valence electrons. The van der Waals surface area contributed by atoms with Gasteiger partial charge in [-0.15, -0.1) is 0 Å². The van der Waals surface area contributed by atoms with Gasteiger partial charge < -0.3 is 19.2 Å². The molecule has 37 heavy (non-hydrogen) atoms. The Kier molecular flexibility index (Phi) is 7.08. The summed E-state index contributed by atoms with van der Waals surface area (Å²) in [6.07, 6.45) is 5.11. The maximum atomic E-state index is 13.5. The lowest BCUT2D eigenvalue weighted by atomic mass is 9.71. The quantitative estimate of drug-likeness (QED) is 0.463. The van der Waals surface area contributed by atoms with Gasteiger partial charge in [0.2, 0.25) is 5.91 Å². The van der Waals surface area contributed by atoms with Crippen LogP contribution in [0.3, 0.4) is 0 Å². The average molecular weight is 508 g/mol. The molecule has 1 amide bonds. The summed E-state index contributed by atoms with van der Waals surface area (Å²) in [5.41, 5.74) is 2.12. The van der Waals surface area contributed by atoms with Crippen LogP contribution in [0.4, 0.5) is 4.39 Å². The monoisotopic (exact) mass is 507 g/mol. The molecular weight excluding hydrogens is 473 g/mol. The fraction of sp³-hybridized carbons (Fsp3) is 0.467. The van der Waals surface area contributed by atoms with Crippen LogP contribution in [-0.4, -0.2) is 34.6 Å². The normalized spacial score (nSPS) is 21.6. The standard InChI is InChI=1S/C30H34FNO5/c1-19-24-9-11-26(36-18-21-6-5-8-23(31)16-21)20(2)28(24)37-29(34)25(19)10-12-27(33)32-15-14-30(35)13-4-3-7-22(30)17-32/h5-6,8-9,11,16,22,35H,3-4,7,10,12-15,17-18H2,1-2H3/t22-,30-/m0/s1. The zero-order chi connectivity index (χ0) is 26.2. The van der Waals surface area contributed by atoms with Crippen LogP contribution in [-0.2, 0) is 17.8 Å². The molecule has 2 atom stereocenters. The van der Waals surface area contributed by atoms with Crippen LogP contribution in [0.1, 0.15) is 60.8 Å². The lowest BCUT2D eigenvalue weighted by Gasteiger charge is -2.47. The highest BCUT2D eigenvalue weighted by atomic mass is 19.1. The number of rotatable bonds is 6. The van der Waals surface area contributed by atoms with Gasteiger partial charge in [-0.05, 0) is 74.9 Å². The molecule has 6 nitrogen and oxygen atoms in total. The molecule has 1 saturated heterocycles. The Morgan fingerprint density at radius 1 is 1.19 bits per heavy atom. The van der Waals surface area contributed by atoms with Gasteiger partial charge >= 0.3 is 5.63 Å². The van der Waals surface area contributed by atoms with Crippen LogP contribution in [0, 0.1) is 25.6 Å². The van der Waals surface area contributed by atoms with Crippen LogP contribution in [0.5, 0.6) is 5.75 Å². The first kappa shape index (κ1) is 25.5. The molecule has 0 radical (unpaired) electrons. The van der Waals surface area contributed by atoms with Gasteiger partial charge in [0.25, 0.3) is 0 Å². The summed E-state index contributed by atoms with van der Waals surface area (Å²) in [5.74, 6) is 0.408. The predicted octanol–water partition coefficient (Wildman–Crippen LogP) is 5.21.